The highest BCUT2D eigenvalue weighted by molar-refractivity contribution is 6.30. The number of amides is 2. The monoisotopic (exact) mass is 426 g/mol. The van der Waals surface area contributed by atoms with E-state index in [0.717, 1.165) is 36.8 Å². The molecule has 0 unspecified atom stereocenters. The molecule has 2 aromatic carbocycles. The predicted octanol–water partition coefficient (Wildman–Crippen LogP) is 5.14. The second-order valence-electron chi connectivity index (χ2n) is 8.08. The van der Waals surface area contributed by atoms with Crippen molar-refractivity contribution in [3.63, 3.8) is 0 Å². The van der Waals surface area contributed by atoms with Crippen LogP contribution in [0, 0.1) is 0 Å². The summed E-state index contributed by atoms with van der Waals surface area (Å²) in [5.41, 5.74) is 1.91. The maximum atomic E-state index is 13.3. The molecule has 0 saturated heterocycles. The van der Waals surface area contributed by atoms with Gasteiger partial charge in [-0.25, -0.2) is 0 Å². The lowest BCUT2D eigenvalue weighted by molar-refractivity contribution is -0.141. The number of carbonyl (C=O) groups is 2. The van der Waals surface area contributed by atoms with Crippen molar-refractivity contribution >= 4 is 23.4 Å². The Balaban J connectivity index is 1.78. The van der Waals surface area contributed by atoms with Crippen LogP contribution in [0.3, 0.4) is 0 Å². The fraction of sp³-hybridized carbons (Fsp3) is 0.440. The maximum absolute atomic E-state index is 13.3. The highest BCUT2D eigenvalue weighted by Crippen LogP contribution is 2.20. The van der Waals surface area contributed by atoms with Gasteiger partial charge in [-0.3, -0.25) is 9.59 Å². The smallest absolute Gasteiger partial charge is 0.243 e. The van der Waals surface area contributed by atoms with Crippen molar-refractivity contribution in [3.8, 4) is 0 Å². The lowest BCUT2D eigenvalue weighted by atomic mass is 9.95. The van der Waals surface area contributed by atoms with Crippen molar-refractivity contribution in [2.45, 2.75) is 70.5 Å². The van der Waals surface area contributed by atoms with Gasteiger partial charge in [0.15, 0.2) is 0 Å². The third-order valence-electron chi connectivity index (χ3n) is 5.80. The van der Waals surface area contributed by atoms with Gasteiger partial charge in [0, 0.05) is 17.6 Å². The molecular weight excluding hydrogens is 396 g/mol. The minimum Gasteiger partial charge on any atom is -0.352 e. The van der Waals surface area contributed by atoms with Gasteiger partial charge in [0.05, 0.1) is 6.42 Å². The van der Waals surface area contributed by atoms with E-state index in [2.05, 4.69) is 5.32 Å². The Kier molecular flexibility index (Phi) is 8.32. The minimum atomic E-state index is -0.487. The summed E-state index contributed by atoms with van der Waals surface area (Å²) in [6.07, 6.45) is 6.46. The number of rotatable bonds is 8. The van der Waals surface area contributed by atoms with Crippen LogP contribution < -0.4 is 5.32 Å². The molecule has 5 heteroatoms. The summed E-state index contributed by atoms with van der Waals surface area (Å²) < 4.78 is 0. The fourth-order valence-electron chi connectivity index (χ4n) is 4.12. The average Bonchev–Trinajstić information content (AvgIpc) is 2.76. The van der Waals surface area contributed by atoms with E-state index in [4.69, 9.17) is 11.6 Å². The third kappa shape index (κ3) is 6.33. The summed E-state index contributed by atoms with van der Waals surface area (Å²) in [5.74, 6) is -0.0819. The van der Waals surface area contributed by atoms with Crippen LogP contribution in [0.15, 0.2) is 54.6 Å². The van der Waals surface area contributed by atoms with Crippen LogP contribution in [0.25, 0.3) is 0 Å². The molecular formula is C25H31ClN2O2. The van der Waals surface area contributed by atoms with E-state index in [0.29, 0.717) is 18.0 Å². The molecule has 4 nitrogen and oxygen atoms in total. The highest BCUT2D eigenvalue weighted by atomic mass is 35.5. The van der Waals surface area contributed by atoms with Gasteiger partial charge in [-0.1, -0.05) is 80.3 Å². The molecule has 1 atom stereocenters. The Morgan fingerprint density at radius 3 is 2.30 bits per heavy atom. The Bertz CT molecular complexity index is 817. The molecule has 1 saturated carbocycles. The number of nitrogens with zero attached hydrogens (tertiary/aromatic N) is 1. The van der Waals surface area contributed by atoms with Crippen LogP contribution in [0.1, 0.15) is 56.6 Å². The van der Waals surface area contributed by atoms with Gasteiger partial charge < -0.3 is 10.2 Å². The lowest BCUT2D eigenvalue weighted by Gasteiger charge is -2.33. The number of benzene rings is 2. The average molecular weight is 427 g/mol. The van der Waals surface area contributed by atoms with Gasteiger partial charge in [0.1, 0.15) is 6.04 Å². The van der Waals surface area contributed by atoms with Gasteiger partial charge in [-0.05, 0) is 42.5 Å². The van der Waals surface area contributed by atoms with Crippen molar-refractivity contribution < 1.29 is 9.59 Å². The Morgan fingerprint density at radius 1 is 1.00 bits per heavy atom. The first-order valence-electron chi connectivity index (χ1n) is 10.9. The van der Waals surface area contributed by atoms with Gasteiger partial charge >= 0.3 is 0 Å². The number of halogens is 1. The van der Waals surface area contributed by atoms with E-state index in [1.54, 1.807) is 4.90 Å². The summed E-state index contributed by atoms with van der Waals surface area (Å²) in [7, 11) is 0. The van der Waals surface area contributed by atoms with E-state index in [-0.39, 0.29) is 24.3 Å². The lowest BCUT2D eigenvalue weighted by Crippen LogP contribution is -2.51. The number of carbonyl (C=O) groups excluding carboxylic acids is 2. The van der Waals surface area contributed by atoms with Gasteiger partial charge in [-0.2, -0.15) is 0 Å². The first-order chi connectivity index (χ1) is 14.6. The molecule has 0 bridgehead atoms. The largest absolute Gasteiger partial charge is 0.352 e. The quantitative estimate of drug-likeness (QED) is 0.635. The van der Waals surface area contributed by atoms with E-state index >= 15 is 0 Å². The van der Waals surface area contributed by atoms with E-state index in [1.807, 2.05) is 61.5 Å². The highest BCUT2D eigenvalue weighted by Gasteiger charge is 2.30. The Hall–Kier alpha value is -2.33. The van der Waals surface area contributed by atoms with Gasteiger partial charge in [0.2, 0.25) is 11.8 Å². The van der Waals surface area contributed by atoms with Crippen molar-refractivity contribution in [1.29, 1.82) is 0 Å². The molecule has 0 aliphatic heterocycles. The number of hydrogen-bond donors (Lipinski definition) is 1. The van der Waals surface area contributed by atoms with Crippen LogP contribution in [-0.4, -0.2) is 28.8 Å². The first kappa shape index (κ1) is 22.4. The Morgan fingerprint density at radius 2 is 1.67 bits per heavy atom. The van der Waals surface area contributed by atoms with E-state index in [1.165, 1.54) is 6.42 Å². The molecule has 160 valence electrons. The molecule has 3 rings (SSSR count). The second-order valence-corrected chi connectivity index (χ2v) is 8.51. The second kappa shape index (κ2) is 11.2. The first-order valence-corrected chi connectivity index (χ1v) is 11.3. The van der Waals surface area contributed by atoms with Crippen LogP contribution in [0.4, 0.5) is 0 Å². The topological polar surface area (TPSA) is 49.4 Å². The molecule has 1 N–H and O–H groups in total. The molecule has 2 aromatic rings. The van der Waals surface area contributed by atoms with Gasteiger partial charge in [0.25, 0.3) is 0 Å². The third-order valence-corrected chi connectivity index (χ3v) is 6.05. The van der Waals surface area contributed by atoms with Crippen molar-refractivity contribution in [3.05, 3.63) is 70.7 Å². The summed E-state index contributed by atoms with van der Waals surface area (Å²) in [6, 6.07) is 16.9. The van der Waals surface area contributed by atoms with Gasteiger partial charge in [-0.15, -0.1) is 0 Å². The summed E-state index contributed by atoms with van der Waals surface area (Å²) in [5, 5.41) is 3.87. The molecule has 0 radical (unpaired) electrons. The molecule has 1 aliphatic carbocycles. The van der Waals surface area contributed by atoms with E-state index in [9.17, 15) is 9.59 Å². The normalized spacial score (nSPS) is 15.4. The molecule has 0 heterocycles. The SMILES string of the molecule is CC[C@@H](C(=O)NC1CCCCC1)N(Cc1ccc(Cl)cc1)C(=O)Cc1ccccc1. The predicted molar refractivity (Wildman–Crippen MR) is 121 cm³/mol. The molecule has 0 spiro atoms. The standard InChI is InChI=1S/C25H31ClN2O2/c1-2-23(25(30)27-22-11-7-4-8-12-22)28(18-20-13-15-21(26)16-14-20)24(29)17-19-9-5-3-6-10-19/h3,5-6,9-10,13-16,22-23H,2,4,7-8,11-12,17-18H2,1H3,(H,27,30)/t23-/m0/s1. The van der Waals surface area contributed by atoms with Crippen molar-refractivity contribution in [2.24, 2.45) is 0 Å². The summed E-state index contributed by atoms with van der Waals surface area (Å²) >= 11 is 6.02. The summed E-state index contributed by atoms with van der Waals surface area (Å²) in [4.78, 5) is 28.2. The van der Waals surface area contributed by atoms with Crippen molar-refractivity contribution in [2.75, 3.05) is 0 Å². The number of hydrogen-bond acceptors (Lipinski definition) is 2. The minimum absolute atomic E-state index is 0.0400. The van der Waals surface area contributed by atoms with Crippen LogP contribution in [-0.2, 0) is 22.6 Å². The zero-order chi connectivity index (χ0) is 21.3. The van der Waals surface area contributed by atoms with E-state index < -0.39 is 6.04 Å². The van der Waals surface area contributed by atoms with Crippen LogP contribution in [0.5, 0.6) is 0 Å². The zero-order valence-corrected chi connectivity index (χ0v) is 18.4. The molecule has 30 heavy (non-hydrogen) atoms. The zero-order valence-electron chi connectivity index (χ0n) is 17.6. The van der Waals surface area contributed by atoms with Crippen LogP contribution >= 0.6 is 11.6 Å². The van der Waals surface area contributed by atoms with Crippen molar-refractivity contribution in [1.82, 2.24) is 10.2 Å². The fourth-order valence-corrected chi connectivity index (χ4v) is 4.25. The van der Waals surface area contributed by atoms with Crippen LogP contribution in [0.2, 0.25) is 5.02 Å². The number of nitrogens with one attached hydrogen (secondary N) is 1. The molecule has 0 aromatic heterocycles. The molecule has 1 fully saturated rings. The summed E-state index contributed by atoms with van der Waals surface area (Å²) in [6.45, 7) is 2.36. The Labute approximate surface area is 184 Å². The molecule has 2 amide bonds. The maximum Gasteiger partial charge on any atom is 0.243 e. The molecule has 1 aliphatic rings.